The molecule has 2 rings (SSSR count). The molecule has 248 valence electrons. The standard InChI is InChI=1S/C35H53N4O5P/c1-4-5-6-7-8-9-10-11-12-13-14-15-16-17-18-19-20-21-22-23-33(40)36-27-28-37-45(42-3)43-30-32-24-25-34(44-32)39-29-26-31(2)38-35(39)41/h5-6,8-9,11-12,14-15,17-18,20-21,26,29,32,34,37H,4,7,10,13,16,19,22-25,27-28,30H2,1-3H3,(H,36,40)/b6-5-,9-8-,12-11-,15-14-,18-17-,21-20-. The zero-order valence-corrected chi connectivity index (χ0v) is 28.2. The second kappa shape index (κ2) is 25.3. The highest BCUT2D eigenvalue weighted by molar-refractivity contribution is 7.44. The van der Waals surface area contributed by atoms with E-state index in [1.54, 1.807) is 26.3 Å². The molecule has 1 aliphatic rings. The number of ether oxygens (including phenoxy) is 1. The zero-order chi connectivity index (χ0) is 32.4. The monoisotopic (exact) mass is 640 g/mol. The number of nitrogens with one attached hydrogen (secondary N) is 2. The fraction of sp³-hybridized carbons (Fsp3) is 0.514. The van der Waals surface area contributed by atoms with Crippen LogP contribution in [0.15, 0.2) is 90.0 Å². The Balaban J connectivity index is 1.45. The molecule has 1 fully saturated rings. The first-order chi connectivity index (χ1) is 22.0. The van der Waals surface area contributed by atoms with Crippen molar-refractivity contribution in [3.63, 3.8) is 0 Å². The molecule has 1 aromatic rings. The lowest BCUT2D eigenvalue weighted by atomic mass is 10.2. The van der Waals surface area contributed by atoms with Crippen LogP contribution in [-0.4, -0.2) is 48.4 Å². The first-order valence-electron chi connectivity index (χ1n) is 16.1. The van der Waals surface area contributed by atoms with Crippen LogP contribution in [0.4, 0.5) is 0 Å². The van der Waals surface area contributed by atoms with Crippen LogP contribution >= 0.6 is 8.53 Å². The number of carbonyl (C=O) groups is 1. The lowest BCUT2D eigenvalue weighted by Crippen LogP contribution is -2.30. The summed E-state index contributed by atoms with van der Waals surface area (Å²) < 4.78 is 18.8. The summed E-state index contributed by atoms with van der Waals surface area (Å²) in [7, 11) is 0.275. The lowest BCUT2D eigenvalue weighted by Gasteiger charge is -2.19. The third kappa shape index (κ3) is 18.6. The molecule has 0 spiro atoms. The van der Waals surface area contributed by atoms with Crippen LogP contribution in [0.2, 0.25) is 0 Å². The van der Waals surface area contributed by atoms with E-state index in [1.165, 1.54) is 4.57 Å². The van der Waals surface area contributed by atoms with Gasteiger partial charge in [0, 0.05) is 38.5 Å². The quantitative estimate of drug-likeness (QED) is 0.0735. The number of carbonyl (C=O) groups excluding carboxylic acids is 1. The molecular weight excluding hydrogens is 587 g/mol. The molecule has 1 aromatic heterocycles. The summed E-state index contributed by atoms with van der Waals surface area (Å²) >= 11 is 0. The van der Waals surface area contributed by atoms with Crippen molar-refractivity contribution in [3.05, 3.63) is 101 Å². The van der Waals surface area contributed by atoms with Gasteiger partial charge in [0.25, 0.3) is 8.53 Å². The maximum absolute atomic E-state index is 12.1. The van der Waals surface area contributed by atoms with Gasteiger partial charge in [-0.2, -0.15) is 4.98 Å². The van der Waals surface area contributed by atoms with E-state index in [1.807, 2.05) is 0 Å². The first-order valence-corrected chi connectivity index (χ1v) is 17.3. The third-order valence-corrected chi connectivity index (χ3v) is 7.93. The van der Waals surface area contributed by atoms with Crippen molar-refractivity contribution in [1.82, 2.24) is 20.0 Å². The van der Waals surface area contributed by atoms with Gasteiger partial charge in [0.1, 0.15) is 6.23 Å². The van der Waals surface area contributed by atoms with Crippen LogP contribution in [0.1, 0.15) is 83.1 Å². The summed E-state index contributed by atoms with van der Waals surface area (Å²) in [5.74, 6) is 0.0187. The van der Waals surface area contributed by atoms with Crippen molar-refractivity contribution in [2.24, 2.45) is 0 Å². The number of hydrogen-bond donors (Lipinski definition) is 2. The molecular formula is C35H53N4O5P. The SMILES string of the molecule is CC/C=C\C/C=C\C/C=C\C/C=C\C/C=C\C/C=C\CCC(=O)NCCNP(OC)OCC1CCC(n2ccc(C)nc2=O)O1. The molecule has 1 saturated heterocycles. The zero-order valence-electron chi connectivity index (χ0n) is 27.3. The summed E-state index contributed by atoms with van der Waals surface area (Å²) in [6.07, 6.45) is 35.9. The molecule has 0 aromatic carbocycles. The van der Waals surface area contributed by atoms with E-state index in [2.05, 4.69) is 95.2 Å². The maximum atomic E-state index is 12.1. The van der Waals surface area contributed by atoms with Crippen LogP contribution in [0, 0.1) is 6.92 Å². The van der Waals surface area contributed by atoms with Crippen LogP contribution in [-0.2, 0) is 18.6 Å². The Morgan fingerprint density at radius 1 is 0.956 bits per heavy atom. The number of nitrogens with zero attached hydrogens (tertiary/aromatic N) is 2. The highest BCUT2D eigenvalue weighted by Crippen LogP contribution is 2.34. The number of hydrogen-bond acceptors (Lipinski definition) is 7. The van der Waals surface area contributed by atoms with Gasteiger partial charge >= 0.3 is 5.69 Å². The molecule has 3 unspecified atom stereocenters. The van der Waals surface area contributed by atoms with Crippen LogP contribution < -0.4 is 16.1 Å². The molecule has 2 N–H and O–H groups in total. The molecule has 0 radical (unpaired) electrons. The fourth-order valence-corrected chi connectivity index (χ4v) is 5.26. The van der Waals surface area contributed by atoms with Gasteiger partial charge in [-0.3, -0.25) is 9.36 Å². The van der Waals surface area contributed by atoms with Gasteiger partial charge in [-0.15, -0.1) is 0 Å². The number of aromatic nitrogens is 2. The maximum Gasteiger partial charge on any atom is 0.349 e. The van der Waals surface area contributed by atoms with Gasteiger partial charge in [0.15, 0.2) is 0 Å². The van der Waals surface area contributed by atoms with Gasteiger partial charge in [-0.05, 0) is 70.8 Å². The Labute approximate surface area is 271 Å². The Morgan fingerprint density at radius 3 is 2.13 bits per heavy atom. The van der Waals surface area contributed by atoms with Gasteiger partial charge in [-0.1, -0.05) is 79.8 Å². The fourth-order valence-electron chi connectivity index (χ4n) is 4.34. The predicted molar refractivity (Wildman–Crippen MR) is 185 cm³/mol. The smallest absolute Gasteiger partial charge is 0.349 e. The van der Waals surface area contributed by atoms with E-state index in [9.17, 15) is 9.59 Å². The second-order valence-corrected chi connectivity index (χ2v) is 12.0. The minimum absolute atomic E-state index is 0.0187. The van der Waals surface area contributed by atoms with Gasteiger partial charge in [0.2, 0.25) is 5.91 Å². The molecule has 3 atom stereocenters. The summed E-state index contributed by atoms with van der Waals surface area (Å²) in [5, 5.41) is 6.11. The summed E-state index contributed by atoms with van der Waals surface area (Å²) in [6, 6.07) is 1.80. The van der Waals surface area contributed by atoms with Crippen molar-refractivity contribution in [1.29, 1.82) is 0 Å². The normalized spacial score (nSPS) is 18.2. The molecule has 45 heavy (non-hydrogen) atoms. The van der Waals surface area contributed by atoms with Crippen molar-refractivity contribution < 1.29 is 18.6 Å². The average molecular weight is 641 g/mol. The molecule has 10 heteroatoms. The Bertz CT molecular complexity index is 1190. The van der Waals surface area contributed by atoms with Crippen molar-refractivity contribution in [2.45, 2.75) is 90.4 Å². The molecule has 1 aliphatic heterocycles. The van der Waals surface area contributed by atoms with Gasteiger partial charge in [-0.25, -0.2) is 9.88 Å². The van der Waals surface area contributed by atoms with Crippen LogP contribution in [0.5, 0.6) is 0 Å². The van der Waals surface area contributed by atoms with Gasteiger partial charge in [0.05, 0.1) is 12.7 Å². The topological polar surface area (TPSA) is 104 Å². The molecule has 0 aliphatic carbocycles. The van der Waals surface area contributed by atoms with E-state index in [0.717, 1.165) is 51.4 Å². The first kappa shape index (κ1) is 38.2. The van der Waals surface area contributed by atoms with Crippen molar-refractivity contribution in [2.75, 3.05) is 26.8 Å². The molecule has 9 nitrogen and oxygen atoms in total. The summed E-state index contributed by atoms with van der Waals surface area (Å²) in [5.41, 5.74) is 0.383. The van der Waals surface area contributed by atoms with E-state index in [-0.39, 0.29) is 23.9 Å². The largest absolute Gasteiger partial charge is 0.355 e. The molecule has 0 saturated carbocycles. The summed E-state index contributed by atoms with van der Waals surface area (Å²) in [4.78, 5) is 28.2. The van der Waals surface area contributed by atoms with E-state index >= 15 is 0 Å². The average Bonchev–Trinajstić information content (AvgIpc) is 3.50. The highest BCUT2D eigenvalue weighted by Gasteiger charge is 2.28. The second-order valence-electron chi connectivity index (χ2n) is 10.5. The number of aryl methyl sites for hydroxylation is 1. The van der Waals surface area contributed by atoms with E-state index < -0.39 is 8.53 Å². The Hall–Kier alpha value is -2.94. The predicted octanol–water partition coefficient (Wildman–Crippen LogP) is 7.30. The third-order valence-electron chi connectivity index (χ3n) is 6.73. The minimum Gasteiger partial charge on any atom is -0.355 e. The number of allylic oxidation sites excluding steroid dienone is 12. The van der Waals surface area contributed by atoms with Crippen molar-refractivity contribution >= 4 is 14.4 Å². The highest BCUT2D eigenvalue weighted by atomic mass is 31.2. The molecule has 0 bridgehead atoms. The Morgan fingerprint density at radius 2 is 1.56 bits per heavy atom. The Kier molecular flexibility index (Phi) is 21.5. The van der Waals surface area contributed by atoms with Crippen LogP contribution in [0.3, 0.4) is 0 Å². The van der Waals surface area contributed by atoms with E-state index in [0.29, 0.717) is 38.2 Å². The number of amides is 1. The summed E-state index contributed by atoms with van der Waals surface area (Å²) in [6.45, 7) is 5.31. The lowest BCUT2D eigenvalue weighted by molar-refractivity contribution is -0.120. The number of rotatable bonds is 23. The minimum atomic E-state index is -1.31. The molecule has 1 amide bonds. The molecule has 2 heterocycles. The van der Waals surface area contributed by atoms with Crippen molar-refractivity contribution in [3.8, 4) is 0 Å². The van der Waals surface area contributed by atoms with Gasteiger partial charge < -0.3 is 19.1 Å². The van der Waals surface area contributed by atoms with E-state index in [4.69, 9.17) is 13.8 Å². The van der Waals surface area contributed by atoms with Crippen LogP contribution in [0.25, 0.3) is 0 Å².